The van der Waals surface area contributed by atoms with Crippen LogP contribution in [0.3, 0.4) is 0 Å². The molecule has 5 heteroatoms. The highest BCUT2D eigenvalue weighted by atomic mass is 79.9. The molecule has 1 N–H and O–H groups in total. The first-order valence-corrected chi connectivity index (χ1v) is 8.34. The number of ether oxygens (including phenoxy) is 1. The monoisotopic (exact) mass is 355 g/mol. The molecule has 1 aliphatic heterocycles. The molecule has 1 atom stereocenters. The van der Waals surface area contributed by atoms with Gasteiger partial charge in [0, 0.05) is 56.0 Å². The number of hydrogen-bond donors (Lipinski definition) is 1. The van der Waals surface area contributed by atoms with Crippen LogP contribution in [0.25, 0.3) is 0 Å². The quantitative estimate of drug-likeness (QED) is 0.792. The highest BCUT2D eigenvalue weighted by Gasteiger charge is 2.21. The third-order valence-electron chi connectivity index (χ3n) is 4.16. The van der Waals surface area contributed by atoms with Crippen molar-refractivity contribution in [2.45, 2.75) is 19.5 Å². The summed E-state index contributed by atoms with van der Waals surface area (Å²) in [6.45, 7) is 8.08. The lowest BCUT2D eigenvalue weighted by atomic mass is 10.1. The number of nitrogens with zero attached hydrogens (tertiary/aromatic N) is 2. The molecule has 0 aromatic heterocycles. The second-order valence-electron chi connectivity index (χ2n) is 5.72. The minimum atomic E-state index is 0.605. The fraction of sp³-hybridized carbons (Fsp3) is 0.625. The summed E-state index contributed by atoms with van der Waals surface area (Å²) in [6, 6.07) is 7.29. The Hall–Kier alpha value is -0.620. The minimum absolute atomic E-state index is 0.605. The molecular weight excluding hydrogens is 330 g/mol. The molecule has 4 nitrogen and oxygen atoms in total. The smallest absolute Gasteiger partial charge is 0.0587 e. The summed E-state index contributed by atoms with van der Waals surface area (Å²) in [6.07, 6.45) is 0. The fourth-order valence-corrected chi connectivity index (χ4v) is 3.06. The van der Waals surface area contributed by atoms with Crippen molar-refractivity contribution in [3.05, 3.63) is 28.2 Å². The Morgan fingerprint density at radius 3 is 2.86 bits per heavy atom. The van der Waals surface area contributed by atoms with Gasteiger partial charge < -0.3 is 19.9 Å². The highest BCUT2D eigenvalue weighted by Crippen LogP contribution is 2.25. The summed E-state index contributed by atoms with van der Waals surface area (Å²) >= 11 is 3.70. The Kier molecular flexibility index (Phi) is 6.48. The van der Waals surface area contributed by atoms with Gasteiger partial charge in [-0.1, -0.05) is 22.0 Å². The standard InChI is InChI=1S/C16H26BrN3O/c1-13-12-20(8-7-19(13)2)15-5-4-14(16(17)10-15)11-18-6-9-21-3/h4-5,10,13,18H,6-9,11-12H2,1-3H3. The number of rotatable bonds is 6. The lowest BCUT2D eigenvalue weighted by Crippen LogP contribution is -2.50. The van der Waals surface area contributed by atoms with Gasteiger partial charge in [-0.15, -0.1) is 0 Å². The van der Waals surface area contributed by atoms with E-state index in [1.54, 1.807) is 7.11 Å². The summed E-state index contributed by atoms with van der Waals surface area (Å²) in [5, 5.41) is 3.38. The van der Waals surface area contributed by atoms with Gasteiger partial charge >= 0.3 is 0 Å². The lowest BCUT2D eigenvalue weighted by molar-refractivity contribution is 0.199. The molecule has 1 fully saturated rings. The van der Waals surface area contributed by atoms with E-state index in [0.717, 1.165) is 39.3 Å². The molecule has 1 saturated heterocycles. The number of anilines is 1. The number of nitrogens with one attached hydrogen (secondary N) is 1. The van der Waals surface area contributed by atoms with Crippen molar-refractivity contribution < 1.29 is 4.74 Å². The number of halogens is 1. The molecule has 1 unspecified atom stereocenters. The third-order valence-corrected chi connectivity index (χ3v) is 4.90. The summed E-state index contributed by atoms with van der Waals surface area (Å²) in [7, 11) is 3.93. The van der Waals surface area contributed by atoms with E-state index in [-0.39, 0.29) is 0 Å². The second kappa shape index (κ2) is 8.13. The van der Waals surface area contributed by atoms with Crippen LogP contribution in [0.4, 0.5) is 5.69 Å². The molecule has 1 aromatic rings. The number of hydrogen-bond acceptors (Lipinski definition) is 4. The number of piperazine rings is 1. The molecule has 0 saturated carbocycles. The zero-order valence-electron chi connectivity index (χ0n) is 13.2. The largest absolute Gasteiger partial charge is 0.383 e. The van der Waals surface area contributed by atoms with Crippen molar-refractivity contribution >= 4 is 21.6 Å². The maximum atomic E-state index is 5.04. The van der Waals surface area contributed by atoms with Gasteiger partial charge in [0.05, 0.1) is 6.61 Å². The zero-order chi connectivity index (χ0) is 15.2. The van der Waals surface area contributed by atoms with Crippen molar-refractivity contribution in [2.24, 2.45) is 0 Å². The molecule has 1 heterocycles. The van der Waals surface area contributed by atoms with Gasteiger partial charge in [0.15, 0.2) is 0 Å². The Morgan fingerprint density at radius 2 is 2.19 bits per heavy atom. The lowest BCUT2D eigenvalue weighted by Gasteiger charge is -2.39. The highest BCUT2D eigenvalue weighted by molar-refractivity contribution is 9.10. The molecule has 21 heavy (non-hydrogen) atoms. The predicted molar refractivity (Wildman–Crippen MR) is 92.0 cm³/mol. The van der Waals surface area contributed by atoms with Crippen LogP contribution in [0.5, 0.6) is 0 Å². The third kappa shape index (κ3) is 4.68. The van der Waals surface area contributed by atoms with Crippen molar-refractivity contribution in [3.63, 3.8) is 0 Å². The average molecular weight is 356 g/mol. The van der Waals surface area contributed by atoms with Crippen LogP contribution < -0.4 is 10.2 Å². The normalized spacial score (nSPS) is 20.0. The van der Waals surface area contributed by atoms with Crippen molar-refractivity contribution in [3.8, 4) is 0 Å². The maximum Gasteiger partial charge on any atom is 0.0587 e. The Morgan fingerprint density at radius 1 is 1.38 bits per heavy atom. The van der Waals surface area contributed by atoms with Crippen LogP contribution in [-0.2, 0) is 11.3 Å². The summed E-state index contributed by atoms with van der Waals surface area (Å²) in [4.78, 5) is 4.89. The second-order valence-corrected chi connectivity index (χ2v) is 6.58. The number of methoxy groups -OCH3 is 1. The van der Waals surface area contributed by atoms with Gasteiger partial charge in [0.2, 0.25) is 0 Å². The van der Waals surface area contributed by atoms with Gasteiger partial charge in [-0.2, -0.15) is 0 Å². The van der Waals surface area contributed by atoms with Crippen LogP contribution in [0.1, 0.15) is 12.5 Å². The number of likely N-dealkylation sites (N-methyl/N-ethyl adjacent to an activating group) is 1. The van der Waals surface area contributed by atoms with Crippen LogP contribution in [0.15, 0.2) is 22.7 Å². The average Bonchev–Trinajstić information content (AvgIpc) is 2.48. The van der Waals surface area contributed by atoms with Crippen LogP contribution in [0, 0.1) is 0 Å². The van der Waals surface area contributed by atoms with E-state index in [2.05, 4.69) is 63.2 Å². The van der Waals surface area contributed by atoms with Gasteiger partial charge in [-0.05, 0) is 31.7 Å². The van der Waals surface area contributed by atoms with E-state index in [9.17, 15) is 0 Å². The van der Waals surface area contributed by atoms with Gasteiger partial charge in [-0.25, -0.2) is 0 Å². The van der Waals surface area contributed by atoms with E-state index in [4.69, 9.17) is 4.74 Å². The van der Waals surface area contributed by atoms with Crippen molar-refractivity contribution in [2.75, 3.05) is 51.8 Å². The van der Waals surface area contributed by atoms with E-state index in [0.29, 0.717) is 6.04 Å². The van der Waals surface area contributed by atoms with E-state index >= 15 is 0 Å². The maximum absolute atomic E-state index is 5.04. The first-order chi connectivity index (χ1) is 10.1. The minimum Gasteiger partial charge on any atom is -0.383 e. The Balaban J connectivity index is 1.95. The molecule has 0 amide bonds. The Bertz CT molecular complexity index is 455. The first kappa shape index (κ1) is 16.7. The van der Waals surface area contributed by atoms with Gasteiger partial charge in [0.25, 0.3) is 0 Å². The molecule has 0 radical (unpaired) electrons. The van der Waals surface area contributed by atoms with Crippen LogP contribution in [0.2, 0.25) is 0 Å². The Labute approximate surface area is 136 Å². The zero-order valence-corrected chi connectivity index (χ0v) is 14.8. The van der Waals surface area contributed by atoms with Crippen molar-refractivity contribution in [1.82, 2.24) is 10.2 Å². The molecule has 0 aliphatic carbocycles. The molecule has 0 bridgehead atoms. The summed E-state index contributed by atoms with van der Waals surface area (Å²) in [5.41, 5.74) is 2.60. The number of benzene rings is 1. The van der Waals surface area contributed by atoms with E-state index in [1.807, 2.05) is 0 Å². The molecule has 2 rings (SSSR count). The van der Waals surface area contributed by atoms with E-state index in [1.165, 1.54) is 15.7 Å². The fourth-order valence-electron chi connectivity index (χ4n) is 2.56. The molecule has 1 aromatic carbocycles. The molecule has 1 aliphatic rings. The summed E-state index contributed by atoms with van der Waals surface area (Å²) in [5.74, 6) is 0. The molecule has 118 valence electrons. The molecular formula is C16H26BrN3O. The predicted octanol–water partition coefficient (Wildman–Crippen LogP) is 2.33. The summed E-state index contributed by atoms with van der Waals surface area (Å²) < 4.78 is 6.22. The van der Waals surface area contributed by atoms with Gasteiger partial charge in [-0.3, -0.25) is 0 Å². The topological polar surface area (TPSA) is 27.7 Å². The van der Waals surface area contributed by atoms with Gasteiger partial charge in [0.1, 0.15) is 0 Å². The molecule has 0 spiro atoms. The first-order valence-electron chi connectivity index (χ1n) is 7.55. The van der Waals surface area contributed by atoms with Crippen LogP contribution >= 0.6 is 15.9 Å². The van der Waals surface area contributed by atoms with Crippen molar-refractivity contribution in [1.29, 1.82) is 0 Å². The van der Waals surface area contributed by atoms with Crippen LogP contribution in [-0.4, -0.2) is 57.9 Å². The van der Waals surface area contributed by atoms with E-state index < -0.39 is 0 Å². The SMILES string of the molecule is COCCNCc1ccc(N2CCN(C)C(C)C2)cc1Br.